The van der Waals surface area contributed by atoms with Gasteiger partial charge in [-0.25, -0.2) is 4.79 Å². The van der Waals surface area contributed by atoms with Gasteiger partial charge in [0.05, 0.1) is 32.6 Å². The molecule has 0 aliphatic rings. The summed E-state index contributed by atoms with van der Waals surface area (Å²) < 4.78 is 132. The highest BCUT2D eigenvalue weighted by atomic mass is 32.2. The van der Waals surface area contributed by atoms with Gasteiger partial charge in [0.2, 0.25) is 5.69 Å². The average Bonchev–Trinajstić information content (AvgIpc) is 3.07. The van der Waals surface area contributed by atoms with Gasteiger partial charge in [-0.05, 0) is 87.4 Å². The lowest BCUT2D eigenvalue weighted by Gasteiger charge is -2.27. The summed E-state index contributed by atoms with van der Waals surface area (Å²) in [5, 5.41) is 9.42. The summed E-state index contributed by atoms with van der Waals surface area (Å²) in [6.45, 7) is 6.61. The average molecular weight is 857 g/mol. The smallest absolute Gasteiger partial charge is 0.337 e. The number of anilines is 1. The first kappa shape index (κ1) is 45.8. The maximum absolute atomic E-state index is 11.8. The molecule has 17 nitrogen and oxygen atoms in total. The van der Waals surface area contributed by atoms with Gasteiger partial charge in [-0.1, -0.05) is 6.08 Å². The summed E-state index contributed by atoms with van der Waals surface area (Å²) in [6.07, 6.45) is 7.58. The van der Waals surface area contributed by atoms with E-state index in [1.807, 2.05) is 0 Å². The minimum absolute atomic E-state index is 0.0373. The zero-order valence-corrected chi connectivity index (χ0v) is 33.9. The Labute approximate surface area is 326 Å². The number of aromatic nitrogens is 1. The van der Waals surface area contributed by atoms with Crippen LogP contribution in [-0.4, -0.2) is 103 Å². The molecule has 3 aromatic rings. The first-order valence-electron chi connectivity index (χ1n) is 16.5. The van der Waals surface area contributed by atoms with E-state index in [-0.39, 0.29) is 41.3 Å². The first-order valence-corrected chi connectivity index (χ1v) is 22.6. The number of rotatable bonds is 18. The third-order valence-electron chi connectivity index (χ3n) is 8.25. The zero-order valence-electron chi connectivity index (χ0n) is 30.6. The Morgan fingerprint density at radius 2 is 1.32 bits per heavy atom. The molecule has 0 atom stereocenters. The number of hydrogen-bond donors (Lipinski definition) is 5. The van der Waals surface area contributed by atoms with Crippen LogP contribution < -0.4 is 4.90 Å². The lowest BCUT2D eigenvalue weighted by Crippen LogP contribution is -2.25. The Hall–Kier alpha value is -4.61. The summed E-state index contributed by atoms with van der Waals surface area (Å²) in [5.74, 6) is -2.36. The van der Waals surface area contributed by atoms with Crippen molar-refractivity contribution >= 4 is 69.1 Å². The van der Waals surface area contributed by atoms with Gasteiger partial charge in [0.15, 0.2) is 5.71 Å². The maximum Gasteiger partial charge on any atom is 0.337 e. The van der Waals surface area contributed by atoms with Crippen LogP contribution in [0.1, 0.15) is 53.9 Å². The number of aromatic carboxylic acids is 1. The van der Waals surface area contributed by atoms with E-state index in [9.17, 15) is 61.8 Å². The van der Waals surface area contributed by atoms with Crippen LogP contribution in [0.15, 0.2) is 94.5 Å². The van der Waals surface area contributed by atoms with Gasteiger partial charge in [0, 0.05) is 60.7 Å². The van der Waals surface area contributed by atoms with Crippen LogP contribution >= 0.6 is 0 Å². The molecule has 1 heterocycles. The Bertz CT molecular complexity index is 2540. The number of aryl methyl sites for hydroxylation is 2. The van der Waals surface area contributed by atoms with Crippen LogP contribution in [0.3, 0.4) is 0 Å². The summed E-state index contributed by atoms with van der Waals surface area (Å²) in [5.41, 5.74) is 3.36. The fourth-order valence-electron chi connectivity index (χ4n) is 5.48. The molecule has 0 bridgehead atoms. The molecule has 0 saturated carbocycles. The van der Waals surface area contributed by atoms with Gasteiger partial charge in [-0.15, -0.1) is 0 Å². The molecule has 56 heavy (non-hydrogen) atoms. The van der Waals surface area contributed by atoms with E-state index >= 15 is 0 Å². The molecule has 2 aromatic carbocycles. The number of benzene rings is 2. The first-order chi connectivity index (χ1) is 25.8. The third-order valence-corrected chi connectivity index (χ3v) is 11.6. The van der Waals surface area contributed by atoms with Crippen molar-refractivity contribution in [2.24, 2.45) is 0 Å². The second-order valence-corrected chi connectivity index (χ2v) is 18.6. The van der Waals surface area contributed by atoms with Crippen molar-refractivity contribution in [2.75, 3.05) is 29.5 Å². The molecule has 0 aliphatic carbocycles. The molecule has 0 amide bonds. The fourth-order valence-corrected chi connectivity index (χ4v) is 7.60. The van der Waals surface area contributed by atoms with Gasteiger partial charge < -0.3 is 10.0 Å². The Balaban J connectivity index is 2.22. The van der Waals surface area contributed by atoms with Gasteiger partial charge in [0.1, 0.15) is 6.54 Å². The van der Waals surface area contributed by atoms with Crippen LogP contribution in [0.4, 0.5) is 11.4 Å². The largest absolute Gasteiger partial charge is 0.478 e. The topological polar surface area (TPSA) is 274 Å². The van der Waals surface area contributed by atoms with Crippen LogP contribution in [-0.2, 0) is 40.5 Å². The molecule has 3 rings (SSSR count). The minimum atomic E-state index is -4.53. The quantitative estimate of drug-likeness (QED) is 0.0506. The molecule has 304 valence electrons. The van der Waals surface area contributed by atoms with Crippen LogP contribution in [0.25, 0.3) is 5.57 Å². The monoisotopic (exact) mass is 856 g/mol. The molecular weight excluding hydrogens is 815 g/mol. The number of carbonyl (C=O) groups is 1. The lowest BCUT2D eigenvalue weighted by molar-refractivity contribution is -0.440. The summed E-state index contributed by atoms with van der Waals surface area (Å²) in [4.78, 5) is 16.8. The fraction of sp³-hybridized carbons (Fsp3) is 0.286. The van der Waals surface area contributed by atoms with E-state index in [2.05, 4.69) is 4.98 Å². The maximum atomic E-state index is 11.8. The lowest BCUT2D eigenvalue weighted by atomic mass is 10.1. The highest BCUT2D eigenvalue weighted by Gasteiger charge is 2.21. The highest BCUT2D eigenvalue weighted by molar-refractivity contribution is 7.86. The predicted molar refractivity (Wildman–Crippen MR) is 209 cm³/mol. The molecule has 21 heteroatoms. The molecule has 0 fully saturated rings. The molecule has 0 spiro atoms. The molecule has 0 unspecified atom stereocenters. The standard InChI is InChI=1S/C35H41N3O14S4/c1-24-21-30(55(47,48)49)12-15-33(24)37(17-5-19-53(41,42)43)26(3)7-9-28(32-14-11-29(23-36-32)35(39)40)10-8-27(4)38(18-6-20-54(44,45)46)34-16-13-31(22-25(34)2)56(50,51)52/h7-16,21-23H,5-6,17-20H2,1-4H3,(H4-,39,40,41,42,43,44,45,46,47,48,49,50,51,52)/p+1. The second-order valence-electron chi connectivity index (χ2n) is 12.6. The third kappa shape index (κ3) is 13.8. The van der Waals surface area contributed by atoms with Crippen molar-refractivity contribution in [3.05, 3.63) is 107 Å². The molecule has 5 N–H and O–H groups in total. The van der Waals surface area contributed by atoms with Crippen molar-refractivity contribution < 1.29 is 66.4 Å². The summed E-state index contributed by atoms with van der Waals surface area (Å²) in [7, 11) is -17.7. The van der Waals surface area contributed by atoms with Gasteiger partial charge >= 0.3 is 5.97 Å². The number of hydrogen-bond acceptors (Lipinski definition) is 11. The summed E-state index contributed by atoms with van der Waals surface area (Å²) in [6, 6.07) is 10.5. The van der Waals surface area contributed by atoms with Crippen molar-refractivity contribution in [2.45, 2.75) is 50.3 Å². The normalized spacial score (nSPS) is 13.9. The molecule has 0 radical (unpaired) electrons. The van der Waals surface area contributed by atoms with Crippen molar-refractivity contribution in [3.8, 4) is 0 Å². The number of carboxylic acid groups (broad SMARTS) is 1. The van der Waals surface area contributed by atoms with Crippen molar-refractivity contribution in [1.29, 1.82) is 0 Å². The van der Waals surface area contributed by atoms with Crippen LogP contribution in [0.2, 0.25) is 0 Å². The molecule has 0 saturated heterocycles. The Morgan fingerprint density at radius 1 is 0.750 bits per heavy atom. The van der Waals surface area contributed by atoms with Crippen LogP contribution in [0, 0.1) is 13.8 Å². The highest BCUT2D eigenvalue weighted by Crippen LogP contribution is 2.28. The van der Waals surface area contributed by atoms with E-state index < -0.39 is 57.9 Å². The van der Waals surface area contributed by atoms with Gasteiger partial charge in [-0.2, -0.15) is 38.2 Å². The van der Waals surface area contributed by atoms with Crippen molar-refractivity contribution in [3.63, 3.8) is 0 Å². The van der Waals surface area contributed by atoms with Crippen molar-refractivity contribution in [1.82, 2.24) is 4.98 Å². The SMILES string of the molecule is C\C(=C/C=C(/C=C/C(C)=[N+](\CCCS(=O)(=O)O)c1ccc(S(=O)(=O)O)cc1C)c1ccc(C(=O)O)cn1)N(CCCS(=O)(=O)O)c1ccc(S(=O)(=O)O)cc1C. The molecule has 0 aliphatic heterocycles. The van der Waals surface area contributed by atoms with E-state index in [1.165, 1.54) is 48.5 Å². The van der Waals surface area contributed by atoms with E-state index in [0.717, 1.165) is 6.20 Å². The number of nitrogens with zero attached hydrogens (tertiary/aromatic N) is 3. The number of carboxylic acids is 1. The van der Waals surface area contributed by atoms with Crippen LogP contribution in [0.5, 0.6) is 0 Å². The Morgan fingerprint density at radius 3 is 1.82 bits per heavy atom. The minimum Gasteiger partial charge on any atom is -0.478 e. The zero-order chi connectivity index (χ0) is 42.2. The number of pyridine rings is 1. The van der Waals surface area contributed by atoms with E-state index in [0.29, 0.717) is 45.2 Å². The van der Waals surface area contributed by atoms with Gasteiger partial charge in [0.25, 0.3) is 40.5 Å². The van der Waals surface area contributed by atoms with E-state index in [1.54, 1.807) is 61.5 Å². The number of allylic oxidation sites excluding steroid dienone is 6. The van der Waals surface area contributed by atoms with Gasteiger partial charge in [-0.3, -0.25) is 23.2 Å². The predicted octanol–water partition coefficient (Wildman–Crippen LogP) is 4.60. The molecular formula is C35H42N3O14S4+. The van der Waals surface area contributed by atoms with E-state index in [4.69, 9.17) is 0 Å². The second kappa shape index (κ2) is 18.6. The Kier molecular flexibility index (Phi) is 15.2. The molecule has 1 aromatic heterocycles. The summed E-state index contributed by atoms with van der Waals surface area (Å²) >= 11 is 0.